The van der Waals surface area contributed by atoms with Gasteiger partial charge in [0, 0.05) is 0 Å². The molecule has 1 heterocycles. The van der Waals surface area contributed by atoms with E-state index in [0.29, 0.717) is 17.2 Å². The number of benzene rings is 1. The van der Waals surface area contributed by atoms with Crippen LogP contribution in [0.3, 0.4) is 0 Å². The number of unbranched alkanes of at least 4 members (excludes halogenated alkanes) is 3. The molecule has 1 N–H and O–H groups in total. The minimum atomic E-state index is -0.472. The number of ether oxygens (including phenoxy) is 3. The van der Waals surface area contributed by atoms with E-state index >= 15 is 0 Å². The van der Waals surface area contributed by atoms with Crippen LogP contribution in [0.15, 0.2) is 12.1 Å². The molecule has 1 aliphatic rings. The smallest absolute Gasteiger partial charge is 0.231 e. The van der Waals surface area contributed by atoms with Crippen LogP contribution in [-0.2, 0) is 0 Å². The number of aliphatic hydroxyl groups excluding tert-OH is 1. The van der Waals surface area contributed by atoms with Crippen molar-refractivity contribution in [2.45, 2.75) is 45.1 Å². The molecule has 4 nitrogen and oxygen atoms in total. The Balaban J connectivity index is 2.03. The molecular weight excluding hydrogens is 244 g/mol. The Kier molecular flexibility index (Phi) is 4.91. The Morgan fingerprint density at radius 3 is 2.84 bits per heavy atom. The van der Waals surface area contributed by atoms with Crippen molar-refractivity contribution in [1.29, 1.82) is 0 Å². The topological polar surface area (TPSA) is 47.9 Å². The van der Waals surface area contributed by atoms with E-state index in [2.05, 4.69) is 6.92 Å². The first kappa shape index (κ1) is 14.0. The molecule has 0 radical (unpaired) electrons. The second-order valence-corrected chi connectivity index (χ2v) is 4.82. The predicted octanol–water partition coefficient (Wildman–Crippen LogP) is 3.43. The minimum absolute atomic E-state index is 0.210. The van der Waals surface area contributed by atoms with Gasteiger partial charge in [0.2, 0.25) is 12.5 Å². The van der Waals surface area contributed by atoms with Gasteiger partial charge in [0.1, 0.15) is 0 Å². The number of methoxy groups -OCH3 is 1. The van der Waals surface area contributed by atoms with E-state index in [4.69, 9.17) is 14.2 Å². The van der Waals surface area contributed by atoms with Crippen LogP contribution in [-0.4, -0.2) is 19.0 Å². The lowest BCUT2D eigenvalue weighted by molar-refractivity contribution is 0.162. The average Bonchev–Trinajstić information content (AvgIpc) is 2.90. The summed E-state index contributed by atoms with van der Waals surface area (Å²) < 4.78 is 16.0. The van der Waals surface area contributed by atoms with E-state index in [9.17, 15) is 5.11 Å². The molecule has 0 fully saturated rings. The van der Waals surface area contributed by atoms with Gasteiger partial charge in [-0.15, -0.1) is 0 Å². The van der Waals surface area contributed by atoms with E-state index in [1.807, 2.05) is 12.1 Å². The molecule has 0 saturated heterocycles. The Bertz CT molecular complexity index is 417. The largest absolute Gasteiger partial charge is 0.493 e. The second kappa shape index (κ2) is 6.66. The molecule has 1 aliphatic heterocycles. The summed E-state index contributed by atoms with van der Waals surface area (Å²) in [6, 6.07) is 3.67. The zero-order valence-electron chi connectivity index (χ0n) is 11.6. The molecule has 0 aromatic heterocycles. The van der Waals surface area contributed by atoms with Gasteiger partial charge in [-0.25, -0.2) is 0 Å². The van der Waals surface area contributed by atoms with Crippen molar-refractivity contribution in [3.8, 4) is 17.2 Å². The first-order chi connectivity index (χ1) is 9.26. The van der Waals surface area contributed by atoms with Gasteiger partial charge in [-0.3, -0.25) is 0 Å². The molecule has 0 bridgehead atoms. The Morgan fingerprint density at radius 2 is 2.11 bits per heavy atom. The van der Waals surface area contributed by atoms with Crippen molar-refractivity contribution in [3.05, 3.63) is 17.7 Å². The second-order valence-electron chi connectivity index (χ2n) is 4.82. The fourth-order valence-electron chi connectivity index (χ4n) is 2.27. The fourth-order valence-corrected chi connectivity index (χ4v) is 2.27. The number of rotatable bonds is 7. The summed E-state index contributed by atoms with van der Waals surface area (Å²) in [5.74, 6) is 1.91. The third kappa shape index (κ3) is 3.32. The van der Waals surface area contributed by atoms with Gasteiger partial charge in [-0.2, -0.15) is 0 Å². The molecular formula is C15H22O4. The summed E-state index contributed by atoms with van der Waals surface area (Å²) in [6.07, 6.45) is 4.91. The van der Waals surface area contributed by atoms with Crippen LogP contribution in [0.2, 0.25) is 0 Å². The number of hydrogen-bond acceptors (Lipinski definition) is 4. The Labute approximate surface area is 114 Å². The van der Waals surface area contributed by atoms with E-state index in [-0.39, 0.29) is 6.79 Å². The van der Waals surface area contributed by atoms with Gasteiger partial charge in [-0.05, 0) is 24.1 Å². The molecule has 2 rings (SSSR count). The quantitative estimate of drug-likeness (QED) is 0.768. The van der Waals surface area contributed by atoms with Crippen LogP contribution in [0.25, 0.3) is 0 Å². The van der Waals surface area contributed by atoms with Gasteiger partial charge in [0.05, 0.1) is 13.2 Å². The highest BCUT2D eigenvalue weighted by atomic mass is 16.7. The molecule has 19 heavy (non-hydrogen) atoms. The fraction of sp³-hybridized carbons (Fsp3) is 0.600. The highest BCUT2D eigenvalue weighted by molar-refractivity contribution is 5.55. The number of aliphatic hydroxyl groups is 1. The molecule has 1 unspecified atom stereocenters. The summed E-state index contributed by atoms with van der Waals surface area (Å²) in [6.45, 7) is 2.39. The van der Waals surface area contributed by atoms with Crippen LogP contribution < -0.4 is 14.2 Å². The highest BCUT2D eigenvalue weighted by Crippen LogP contribution is 2.43. The zero-order valence-corrected chi connectivity index (χ0v) is 11.6. The minimum Gasteiger partial charge on any atom is -0.493 e. The Hall–Kier alpha value is -1.42. The molecule has 0 aliphatic carbocycles. The molecule has 4 heteroatoms. The summed E-state index contributed by atoms with van der Waals surface area (Å²) in [4.78, 5) is 0. The van der Waals surface area contributed by atoms with E-state index in [1.54, 1.807) is 7.11 Å². The van der Waals surface area contributed by atoms with Crippen LogP contribution >= 0.6 is 0 Å². The normalized spacial score (nSPS) is 14.5. The average molecular weight is 266 g/mol. The van der Waals surface area contributed by atoms with Crippen LogP contribution in [0.1, 0.15) is 50.7 Å². The standard InChI is InChI=1S/C15H22O4/c1-3-4-5-6-7-12(16)11-8-13(17-2)15-14(9-11)18-10-19-15/h8-9,12,16H,3-7,10H2,1-2H3. The summed E-state index contributed by atoms with van der Waals surface area (Å²) in [5, 5.41) is 10.2. The predicted molar refractivity (Wildman–Crippen MR) is 72.8 cm³/mol. The Morgan fingerprint density at radius 1 is 1.26 bits per heavy atom. The van der Waals surface area contributed by atoms with Crippen LogP contribution in [0.5, 0.6) is 17.2 Å². The summed E-state index contributed by atoms with van der Waals surface area (Å²) in [7, 11) is 1.59. The summed E-state index contributed by atoms with van der Waals surface area (Å²) in [5.41, 5.74) is 0.831. The highest BCUT2D eigenvalue weighted by Gasteiger charge is 2.22. The van der Waals surface area contributed by atoms with Crippen molar-refractivity contribution >= 4 is 0 Å². The molecule has 1 atom stereocenters. The third-order valence-corrected chi connectivity index (χ3v) is 3.40. The monoisotopic (exact) mass is 266 g/mol. The van der Waals surface area contributed by atoms with Crippen LogP contribution in [0, 0.1) is 0 Å². The van der Waals surface area contributed by atoms with Crippen molar-refractivity contribution in [2.24, 2.45) is 0 Å². The van der Waals surface area contributed by atoms with Gasteiger partial charge in [-0.1, -0.05) is 32.6 Å². The number of fused-ring (bicyclic) bond motifs is 1. The first-order valence-corrected chi connectivity index (χ1v) is 6.91. The van der Waals surface area contributed by atoms with Crippen molar-refractivity contribution in [3.63, 3.8) is 0 Å². The van der Waals surface area contributed by atoms with Gasteiger partial charge < -0.3 is 19.3 Å². The van der Waals surface area contributed by atoms with Gasteiger partial charge in [0.15, 0.2) is 11.5 Å². The maximum Gasteiger partial charge on any atom is 0.231 e. The maximum absolute atomic E-state index is 10.2. The lowest BCUT2D eigenvalue weighted by Crippen LogP contribution is -1.99. The third-order valence-electron chi connectivity index (χ3n) is 3.40. The van der Waals surface area contributed by atoms with Crippen molar-refractivity contribution in [2.75, 3.05) is 13.9 Å². The van der Waals surface area contributed by atoms with E-state index in [1.165, 1.54) is 12.8 Å². The molecule has 0 amide bonds. The molecule has 0 spiro atoms. The van der Waals surface area contributed by atoms with Gasteiger partial charge >= 0.3 is 0 Å². The van der Waals surface area contributed by atoms with Crippen molar-refractivity contribution in [1.82, 2.24) is 0 Å². The molecule has 106 valence electrons. The van der Waals surface area contributed by atoms with E-state index in [0.717, 1.165) is 24.8 Å². The zero-order chi connectivity index (χ0) is 13.7. The maximum atomic E-state index is 10.2. The molecule has 0 saturated carbocycles. The van der Waals surface area contributed by atoms with Crippen molar-refractivity contribution < 1.29 is 19.3 Å². The lowest BCUT2D eigenvalue weighted by atomic mass is 10.0. The molecule has 1 aromatic carbocycles. The first-order valence-electron chi connectivity index (χ1n) is 6.91. The SMILES string of the molecule is CCCCCCC(O)c1cc(OC)c2c(c1)OCO2. The lowest BCUT2D eigenvalue weighted by Gasteiger charge is -2.13. The van der Waals surface area contributed by atoms with Gasteiger partial charge in [0.25, 0.3) is 0 Å². The summed E-state index contributed by atoms with van der Waals surface area (Å²) >= 11 is 0. The van der Waals surface area contributed by atoms with Crippen LogP contribution in [0.4, 0.5) is 0 Å². The molecule has 1 aromatic rings. The number of hydrogen-bond donors (Lipinski definition) is 1. The van der Waals surface area contributed by atoms with E-state index < -0.39 is 6.10 Å².